The minimum absolute atomic E-state index is 0.0903. The van der Waals surface area contributed by atoms with E-state index in [9.17, 15) is 10.2 Å². The molecule has 6 aromatic rings. The fourth-order valence-corrected chi connectivity index (χ4v) is 5.31. The van der Waals surface area contributed by atoms with Gasteiger partial charge in [0, 0.05) is 21.9 Å². The minimum Gasteiger partial charge on any atom is -0.490 e. The Labute approximate surface area is 208 Å². The average Bonchev–Trinajstić information content (AvgIpc) is 2.94. The molecule has 0 aliphatic heterocycles. The lowest BCUT2D eigenvalue weighted by Gasteiger charge is -2.23. The number of benzene rings is 6. The third-order valence-electron chi connectivity index (χ3n) is 6.70. The van der Waals surface area contributed by atoms with Gasteiger partial charge in [0.2, 0.25) is 0 Å². The van der Waals surface area contributed by atoms with E-state index in [2.05, 4.69) is 60.7 Å². The van der Waals surface area contributed by atoms with Crippen molar-refractivity contribution >= 4 is 43.1 Å². The summed E-state index contributed by atoms with van der Waals surface area (Å²) in [7, 11) is 0. The molecule has 0 spiro atoms. The van der Waals surface area contributed by atoms with Crippen LogP contribution in [0.1, 0.15) is 0 Å². The average molecular weight is 475 g/mol. The van der Waals surface area contributed by atoms with E-state index in [0.29, 0.717) is 11.5 Å². The molecule has 0 atom stereocenters. The molecule has 0 unspecified atom stereocenters. The van der Waals surface area contributed by atoms with Crippen molar-refractivity contribution in [1.82, 2.24) is 0 Å². The normalized spacial score (nSPS) is 11.5. The highest BCUT2D eigenvalue weighted by Crippen LogP contribution is 2.51. The van der Waals surface area contributed by atoms with Crippen LogP contribution in [-0.4, -0.2) is 36.6 Å². The summed E-state index contributed by atoms with van der Waals surface area (Å²) in [5.74, 6) is 1.43. The Morgan fingerprint density at radius 2 is 0.667 bits per heavy atom. The lowest BCUT2D eigenvalue weighted by molar-refractivity contribution is 0.202. The number of fused-ring (bicyclic) bond motifs is 6. The van der Waals surface area contributed by atoms with E-state index < -0.39 is 0 Å². The van der Waals surface area contributed by atoms with Gasteiger partial charge in [0.05, 0.1) is 13.2 Å². The highest BCUT2D eigenvalue weighted by atomic mass is 16.5. The highest BCUT2D eigenvalue weighted by molar-refractivity contribution is 6.24. The first-order valence-corrected chi connectivity index (χ1v) is 12.2. The van der Waals surface area contributed by atoms with Gasteiger partial charge in [0.15, 0.2) is 0 Å². The number of hydrogen-bond acceptors (Lipinski definition) is 4. The number of rotatable bonds is 7. The molecule has 4 nitrogen and oxygen atoms in total. The maximum absolute atomic E-state index is 9.68. The van der Waals surface area contributed by atoms with Gasteiger partial charge in [-0.15, -0.1) is 0 Å². The van der Waals surface area contributed by atoms with E-state index in [0.717, 1.165) is 54.2 Å². The summed E-state index contributed by atoms with van der Waals surface area (Å²) in [6.07, 6.45) is 0. The molecule has 6 aromatic carbocycles. The van der Waals surface area contributed by atoms with E-state index in [4.69, 9.17) is 9.47 Å². The highest BCUT2D eigenvalue weighted by Gasteiger charge is 2.24. The van der Waals surface area contributed by atoms with E-state index in [1.807, 2.05) is 36.4 Å². The van der Waals surface area contributed by atoms with Crippen LogP contribution in [0.3, 0.4) is 0 Å². The molecular formula is C32H26O4. The van der Waals surface area contributed by atoms with Crippen LogP contribution in [-0.2, 0) is 0 Å². The SMILES string of the molecule is OCCOc1c(-c2c(OCCO)c3ccccc3c3ccccc23)c2ccccc2c2ccccc12. The third kappa shape index (κ3) is 3.54. The van der Waals surface area contributed by atoms with Gasteiger partial charge in [-0.25, -0.2) is 0 Å². The molecule has 0 radical (unpaired) electrons. The summed E-state index contributed by atoms with van der Waals surface area (Å²) in [6, 6.07) is 33.1. The van der Waals surface area contributed by atoms with Crippen LogP contribution in [0.5, 0.6) is 11.5 Å². The third-order valence-corrected chi connectivity index (χ3v) is 6.70. The van der Waals surface area contributed by atoms with Gasteiger partial charge in [0.25, 0.3) is 0 Å². The molecule has 0 amide bonds. The van der Waals surface area contributed by atoms with Crippen LogP contribution >= 0.6 is 0 Å². The topological polar surface area (TPSA) is 58.9 Å². The van der Waals surface area contributed by atoms with Gasteiger partial charge >= 0.3 is 0 Å². The first-order chi connectivity index (χ1) is 17.8. The van der Waals surface area contributed by atoms with Crippen molar-refractivity contribution in [3.8, 4) is 22.6 Å². The minimum atomic E-state index is -0.0903. The summed E-state index contributed by atoms with van der Waals surface area (Å²) in [4.78, 5) is 0. The molecule has 0 saturated carbocycles. The molecule has 0 bridgehead atoms. The lowest BCUT2D eigenvalue weighted by Crippen LogP contribution is -2.06. The first kappa shape index (κ1) is 22.4. The van der Waals surface area contributed by atoms with Crippen LogP contribution < -0.4 is 9.47 Å². The Morgan fingerprint density at radius 3 is 1.00 bits per heavy atom. The Morgan fingerprint density at radius 1 is 0.389 bits per heavy atom. The monoisotopic (exact) mass is 474 g/mol. The maximum atomic E-state index is 9.68. The molecule has 178 valence electrons. The fourth-order valence-electron chi connectivity index (χ4n) is 5.31. The molecule has 0 fully saturated rings. The zero-order valence-corrected chi connectivity index (χ0v) is 19.8. The largest absolute Gasteiger partial charge is 0.490 e. The van der Waals surface area contributed by atoms with Gasteiger partial charge in [-0.2, -0.15) is 0 Å². The van der Waals surface area contributed by atoms with Crippen LogP contribution in [0.2, 0.25) is 0 Å². The summed E-state index contributed by atoms with van der Waals surface area (Å²) in [6.45, 7) is 0.168. The number of aliphatic hydroxyl groups is 2. The quantitative estimate of drug-likeness (QED) is 0.253. The predicted molar refractivity (Wildman–Crippen MR) is 147 cm³/mol. The van der Waals surface area contributed by atoms with Gasteiger partial charge < -0.3 is 19.7 Å². The number of aliphatic hydroxyl groups excluding tert-OH is 2. The molecule has 0 aromatic heterocycles. The lowest BCUT2D eigenvalue weighted by atomic mass is 9.87. The smallest absolute Gasteiger partial charge is 0.135 e. The van der Waals surface area contributed by atoms with Gasteiger partial charge in [0.1, 0.15) is 24.7 Å². The van der Waals surface area contributed by atoms with Crippen LogP contribution in [0.25, 0.3) is 54.2 Å². The van der Waals surface area contributed by atoms with E-state index in [-0.39, 0.29) is 26.4 Å². The van der Waals surface area contributed by atoms with Gasteiger partial charge in [-0.05, 0) is 32.3 Å². The van der Waals surface area contributed by atoms with Crippen molar-refractivity contribution in [2.75, 3.05) is 26.4 Å². The molecular weight excluding hydrogens is 448 g/mol. The second-order valence-electron chi connectivity index (χ2n) is 8.73. The van der Waals surface area contributed by atoms with Crippen molar-refractivity contribution in [3.05, 3.63) is 97.1 Å². The van der Waals surface area contributed by atoms with Crippen LogP contribution in [0, 0.1) is 0 Å². The van der Waals surface area contributed by atoms with E-state index >= 15 is 0 Å². The van der Waals surface area contributed by atoms with Crippen LogP contribution in [0.15, 0.2) is 97.1 Å². The van der Waals surface area contributed by atoms with Crippen molar-refractivity contribution in [2.24, 2.45) is 0 Å². The molecule has 0 saturated heterocycles. The molecule has 0 heterocycles. The zero-order chi connectivity index (χ0) is 24.5. The molecule has 2 N–H and O–H groups in total. The summed E-state index contributed by atoms with van der Waals surface area (Å²) >= 11 is 0. The number of ether oxygens (including phenoxy) is 2. The van der Waals surface area contributed by atoms with Crippen LogP contribution in [0.4, 0.5) is 0 Å². The standard InChI is InChI=1S/C32H26O4/c33-17-19-35-31-27-15-7-3-11-23(27)21-9-1-5-13-25(21)29(31)30-26-14-6-2-10-22(26)24-12-4-8-16-28(24)32(30)36-20-18-34/h1-16,33-34H,17-20H2. The van der Waals surface area contributed by atoms with Crippen molar-refractivity contribution in [3.63, 3.8) is 0 Å². The van der Waals surface area contributed by atoms with Crippen molar-refractivity contribution < 1.29 is 19.7 Å². The molecule has 6 rings (SSSR count). The van der Waals surface area contributed by atoms with Gasteiger partial charge in [-0.3, -0.25) is 0 Å². The molecule has 4 heteroatoms. The molecule has 0 aliphatic rings. The Bertz CT molecular complexity index is 1590. The summed E-state index contributed by atoms with van der Waals surface area (Å²) in [5, 5.41) is 27.8. The Balaban J connectivity index is 1.87. The van der Waals surface area contributed by atoms with Crippen molar-refractivity contribution in [2.45, 2.75) is 0 Å². The van der Waals surface area contributed by atoms with Gasteiger partial charge in [-0.1, -0.05) is 97.1 Å². The van der Waals surface area contributed by atoms with E-state index in [1.165, 1.54) is 0 Å². The second-order valence-corrected chi connectivity index (χ2v) is 8.73. The summed E-state index contributed by atoms with van der Waals surface area (Å²) < 4.78 is 12.7. The predicted octanol–water partition coefficient (Wildman–Crippen LogP) is 6.71. The molecule has 0 aliphatic carbocycles. The fraction of sp³-hybridized carbons (Fsp3) is 0.125. The Kier molecular flexibility index (Phi) is 5.90. The van der Waals surface area contributed by atoms with E-state index in [1.54, 1.807) is 0 Å². The molecule has 36 heavy (non-hydrogen) atoms. The first-order valence-electron chi connectivity index (χ1n) is 12.2. The number of hydrogen-bond donors (Lipinski definition) is 2. The Hall–Kier alpha value is -4.12. The maximum Gasteiger partial charge on any atom is 0.135 e. The van der Waals surface area contributed by atoms with Crippen molar-refractivity contribution in [1.29, 1.82) is 0 Å². The zero-order valence-electron chi connectivity index (χ0n) is 19.8. The summed E-state index contributed by atoms with van der Waals surface area (Å²) in [5.41, 5.74) is 1.85. The second kappa shape index (κ2) is 9.50.